The molecule has 0 aliphatic heterocycles. The van der Waals surface area contributed by atoms with Crippen LogP contribution in [0, 0.1) is 18.8 Å². The fourth-order valence-corrected chi connectivity index (χ4v) is 4.06. The van der Waals surface area contributed by atoms with Gasteiger partial charge < -0.3 is 5.73 Å². The molecule has 0 spiro atoms. The number of aromatic nitrogens is 4. The van der Waals surface area contributed by atoms with Crippen LogP contribution in [0.2, 0.25) is 0 Å². The molecule has 5 nitrogen and oxygen atoms in total. The van der Waals surface area contributed by atoms with Gasteiger partial charge in [0.05, 0.1) is 6.04 Å². The molecule has 20 heavy (non-hydrogen) atoms. The average Bonchev–Trinajstić information content (AvgIpc) is 3.13. The van der Waals surface area contributed by atoms with Crippen molar-refractivity contribution in [2.45, 2.75) is 38.6 Å². The molecule has 104 valence electrons. The third-order valence-electron chi connectivity index (χ3n) is 4.87. The van der Waals surface area contributed by atoms with Gasteiger partial charge in [-0.1, -0.05) is 6.42 Å². The molecule has 2 fully saturated rings. The zero-order chi connectivity index (χ0) is 13.7. The van der Waals surface area contributed by atoms with Gasteiger partial charge in [-0.05, 0) is 72.2 Å². The quantitative estimate of drug-likeness (QED) is 0.851. The summed E-state index contributed by atoms with van der Waals surface area (Å²) >= 11 is 0. The number of nitrogens with zero attached hydrogens (tertiary/aromatic N) is 4. The molecule has 1 heterocycles. The third-order valence-corrected chi connectivity index (χ3v) is 4.87. The van der Waals surface area contributed by atoms with E-state index in [4.69, 9.17) is 5.73 Å². The van der Waals surface area contributed by atoms with Crippen LogP contribution in [0.25, 0.3) is 11.4 Å². The second-order valence-electron chi connectivity index (χ2n) is 6.32. The van der Waals surface area contributed by atoms with Crippen molar-refractivity contribution in [3.63, 3.8) is 0 Å². The van der Waals surface area contributed by atoms with Crippen molar-refractivity contribution < 1.29 is 0 Å². The molecular weight excluding hydrogens is 250 g/mol. The van der Waals surface area contributed by atoms with Crippen LogP contribution in [0.1, 0.15) is 37.3 Å². The van der Waals surface area contributed by atoms with Gasteiger partial charge in [-0.3, -0.25) is 0 Å². The number of fused-ring (bicyclic) bond motifs is 2. The summed E-state index contributed by atoms with van der Waals surface area (Å²) in [6, 6.07) is 6.50. The minimum atomic E-state index is 0.473. The van der Waals surface area contributed by atoms with Gasteiger partial charge in [0.15, 0.2) is 5.82 Å². The van der Waals surface area contributed by atoms with Crippen LogP contribution >= 0.6 is 0 Å². The summed E-state index contributed by atoms with van der Waals surface area (Å²) in [5, 5.41) is 12.4. The molecule has 5 heteroatoms. The Hall–Kier alpha value is -1.91. The molecule has 2 aliphatic rings. The van der Waals surface area contributed by atoms with Crippen molar-refractivity contribution >= 4 is 5.69 Å². The van der Waals surface area contributed by atoms with E-state index in [1.807, 2.05) is 23.7 Å². The molecule has 2 saturated carbocycles. The van der Waals surface area contributed by atoms with E-state index in [-0.39, 0.29) is 0 Å². The largest absolute Gasteiger partial charge is 0.399 e. The monoisotopic (exact) mass is 269 g/mol. The van der Waals surface area contributed by atoms with E-state index in [1.165, 1.54) is 25.7 Å². The van der Waals surface area contributed by atoms with Crippen LogP contribution in [-0.4, -0.2) is 20.2 Å². The number of hydrogen-bond donors (Lipinski definition) is 1. The highest BCUT2D eigenvalue weighted by Gasteiger charge is 2.42. The molecule has 2 N–H and O–H groups in total. The second kappa shape index (κ2) is 4.30. The van der Waals surface area contributed by atoms with Crippen molar-refractivity contribution in [2.24, 2.45) is 11.8 Å². The number of rotatable bonds is 2. The van der Waals surface area contributed by atoms with E-state index in [9.17, 15) is 0 Å². The Kier molecular flexibility index (Phi) is 2.55. The van der Waals surface area contributed by atoms with Gasteiger partial charge in [0.25, 0.3) is 0 Å². The summed E-state index contributed by atoms with van der Waals surface area (Å²) in [6.07, 6.45) is 5.28. The Morgan fingerprint density at radius 3 is 2.80 bits per heavy atom. The fraction of sp³-hybridized carbons (Fsp3) is 0.533. The highest BCUT2D eigenvalue weighted by Crippen LogP contribution is 2.51. The van der Waals surface area contributed by atoms with Gasteiger partial charge in [-0.25, -0.2) is 4.68 Å². The molecule has 0 amide bonds. The molecule has 4 rings (SSSR count). The van der Waals surface area contributed by atoms with Gasteiger partial charge in [-0.15, -0.1) is 5.10 Å². The first kappa shape index (κ1) is 11.9. The standard InChI is InChI=1S/C15H19N5/c1-9-4-12(8-13(16)5-9)15-17-18-19-20(15)14-7-10-2-3-11(14)6-10/h4-5,8,10-11,14H,2-3,6-7,16H2,1H3. The third kappa shape index (κ3) is 1.80. The zero-order valence-corrected chi connectivity index (χ0v) is 11.7. The van der Waals surface area contributed by atoms with Crippen LogP contribution < -0.4 is 5.73 Å². The Bertz CT molecular complexity index is 627. The lowest BCUT2D eigenvalue weighted by Gasteiger charge is -2.22. The first-order chi connectivity index (χ1) is 9.70. The minimum absolute atomic E-state index is 0.473. The van der Waals surface area contributed by atoms with E-state index in [2.05, 4.69) is 21.6 Å². The smallest absolute Gasteiger partial charge is 0.182 e. The zero-order valence-electron chi connectivity index (χ0n) is 11.7. The number of benzene rings is 1. The predicted octanol–water partition coefficient (Wildman–Crippen LogP) is 2.59. The molecule has 3 unspecified atom stereocenters. The molecule has 3 atom stereocenters. The Morgan fingerprint density at radius 2 is 2.10 bits per heavy atom. The van der Waals surface area contributed by atoms with Crippen molar-refractivity contribution in [1.82, 2.24) is 20.2 Å². The van der Waals surface area contributed by atoms with Gasteiger partial charge in [0.1, 0.15) is 0 Å². The molecule has 2 aromatic rings. The number of nitrogen functional groups attached to an aromatic ring is 1. The fourth-order valence-electron chi connectivity index (χ4n) is 4.06. The number of hydrogen-bond acceptors (Lipinski definition) is 4. The lowest BCUT2D eigenvalue weighted by atomic mass is 9.95. The number of nitrogens with two attached hydrogens (primary N) is 1. The summed E-state index contributed by atoms with van der Waals surface area (Å²) in [7, 11) is 0. The Balaban J connectivity index is 1.75. The van der Waals surface area contributed by atoms with Crippen LogP contribution in [0.5, 0.6) is 0 Å². The molecule has 0 saturated heterocycles. The van der Waals surface area contributed by atoms with E-state index in [0.717, 1.165) is 34.5 Å². The maximum atomic E-state index is 5.95. The Morgan fingerprint density at radius 1 is 1.20 bits per heavy atom. The van der Waals surface area contributed by atoms with E-state index >= 15 is 0 Å². The van der Waals surface area contributed by atoms with E-state index in [0.29, 0.717) is 6.04 Å². The Labute approximate surface area is 118 Å². The van der Waals surface area contributed by atoms with Crippen LogP contribution in [0.15, 0.2) is 18.2 Å². The number of tetrazole rings is 1. The van der Waals surface area contributed by atoms with E-state index < -0.39 is 0 Å². The maximum absolute atomic E-state index is 5.95. The molecule has 1 aromatic carbocycles. The molecular formula is C15H19N5. The number of aryl methyl sites for hydroxylation is 1. The lowest BCUT2D eigenvalue weighted by Crippen LogP contribution is -2.18. The lowest BCUT2D eigenvalue weighted by molar-refractivity contribution is 0.304. The first-order valence-corrected chi connectivity index (χ1v) is 7.36. The summed E-state index contributed by atoms with van der Waals surface area (Å²) in [4.78, 5) is 0. The number of anilines is 1. The highest BCUT2D eigenvalue weighted by atomic mass is 15.6. The summed E-state index contributed by atoms with van der Waals surface area (Å²) < 4.78 is 2.04. The second-order valence-corrected chi connectivity index (χ2v) is 6.32. The van der Waals surface area contributed by atoms with Crippen LogP contribution in [-0.2, 0) is 0 Å². The molecule has 2 bridgehead atoms. The summed E-state index contributed by atoms with van der Waals surface area (Å²) in [5.74, 6) is 2.49. The SMILES string of the molecule is Cc1cc(N)cc(-c2nnnn2C2CC3CCC2C3)c1. The van der Waals surface area contributed by atoms with Gasteiger partial charge in [-0.2, -0.15) is 0 Å². The molecule has 1 aromatic heterocycles. The van der Waals surface area contributed by atoms with Crippen molar-refractivity contribution in [3.05, 3.63) is 23.8 Å². The normalized spacial score (nSPS) is 28.1. The van der Waals surface area contributed by atoms with Crippen LogP contribution in [0.3, 0.4) is 0 Å². The van der Waals surface area contributed by atoms with Gasteiger partial charge in [0.2, 0.25) is 0 Å². The maximum Gasteiger partial charge on any atom is 0.182 e. The molecule has 2 aliphatic carbocycles. The van der Waals surface area contributed by atoms with Crippen molar-refractivity contribution in [3.8, 4) is 11.4 Å². The topological polar surface area (TPSA) is 69.6 Å². The first-order valence-electron chi connectivity index (χ1n) is 7.36. The van der Waals surface area contributed by atoms with Crippen LogP contribution in [0.4, 0.5) is 5.69 Å². The minimum Gasteiger partial charge on any atom is -0.399 e. The predicted molar refractivity (Wildman–Crippen MR) is 76.9 cm³/mol. The van der Waals surface area contributed by atoms with E-state index in [1.54, 1.807) is 0 Å². The van der Waals surface area contributed by atoms with Crippen molar-refractivity contribution in [1.29, 1.82) is 0 Å². The average molecular weight is 269 g/mol. The highest BCUT2D eigenvalue weighted by molar-refractivity contribution is 5.62. The van der Waals surface area contributed by atoms with Gasteiger partial charge >= 0.3 is 0 Å². The summed E-state index contributed by atoms with van der Waals surface area (Å²) in [5.41, 5.74) is 8.88. The van der Waals surface area contributed by atoms with Crippen molar-refractivity contribution in [2.75, 3.05) is 5.73 Å². The molecule has 0 radical (unpaired) electrons. The summed E-state index contributed by atoms with van der Waals surface area (Å²) in [6.45, 7) is 2.05. The van der Waals surface area contributed by atoms with Gasteiger partial charge in [0, 0.05) is 11.3 Å².